The first kappa shape index (κ1) is 19.8. The number of benzene rings is 2. The molecule has 0 spiro atoms. The molecule has 0 aliphatic heterocycles. The van der Waals surface area contributed by atoms with E-state index in [1.807, 2.05) is 31.2 Å². The van der Waals surface area contributed by atoms with Crippen LogP contribution >= 0.6 is 35.6 Å². The second kappa shape index (κ2) is 9.78. The van der Waals surface area contributed by atoms with E-state index in [4.69, 9.17) is 23.2 Å². The van der Waals surface area contributed by atoms with E-state index in [2.05, 4.69) is 10.6 Å². The van der Waals surface area contributed by atoms with E-state index < -0.39 is 0 Å². The lowest BCUT2D eigenvalue weighted by Crippen LogP contribution is -2.18. The molecule has 3 nitrogen and oxygen atoms in total. The second-order valence-electron chi connectivity index (χ2n) is 4.90. The van der Waals surface area contributed by atoms with Gasteiger partial charge in [0, 0.05) is 22.3 Å². The van der Waals surface area contributed by atoms with Crippen LogP contribution in [0.3, 0.4) is 0 Å². The standard InChI is InChI=1S/C17H18Cl2N2O.ClH/c1-2-20-11-12-5-3-4-6-16(12)21-17(22)10-13-9-14(18)7-8-15(13)19;/h3-9,20H,2,10-11H2,1H3,(H,21,22);1H. The molecule has 0 fully saturated rings. The molecule has 6 heteroatoms. The number of amides is 1. The zero-order valence-electron chi connectivity index (χ0n) is 12.7. The number of rotatable bonds is 6. The number of nitrogens with one attached hydrogen (secondary N) is 2. The first-order valence-electron chi connectivity index (χ1n) is 7.12. The van der Waals surface area contributed by atoms with Crippen LogP contribution in [-0.4, -0.2) is 12.5 Å². The Labute approximate surface area is 152 Å². The quantitative estimate of drug-likeness (QED) is 0.770. The van der Waals surface area contributed by atoms with E-state index >= 15 is 0 Å². The topological polar surface area (TPSA) is 41.1 Å². The van der Waals surface area contributed by atoms with Crippen LogP contribution in [0.1, 0.15) is 18.1 Å². The fourth-order valence-electron chi connectivity index (χ4n) is 2.10. The molecule has 2 N–H and O–H groups in total. The van der Waals surface area contributed by atoms with Crippen molar-refractivity contribution in [2.75, 3.05) is 11.9 Å². The highest BCUT2D eigenvalue weighted by atomic mass is 35.5. The molecule has 2 aromatic carbocycles. The third kappa shape index (κ3) is 6.04. The van der Waals surface area contributed by atoms with Gasteiger partial charge in [-0.05, 0) is 41.9 Å². The first-order chi connectivity index (χ1) is 10.6. The third-order valence-electron chi connectivity index (χ3n) is 3.22. The van der Waals surface area contributed by atoms with Crippen molar-refractivity contribution in [3.63, 3.8) is 0 Å². The van der Waals surface area contributed by atoms with Crippen LogP contribution < -0.4 is 10.6 Å². The smallest absolute Gasteiger partial charge is 0.228 e. The summed E-state index contributed by atoms with van der Waals surface area (Å²) in [5.41, 5.74) is 2.58. The van der Waals surface area contributed by atoms with Crippen molar-refractivity contribution in [3.05, 3.63) is 63.6 Å². The average molecular weight is 374 g/mol. The maximum Gasteiger partial charge on any atom is 0.228 e. The molecule has 0 aromatic heterocycles. The maximum atomic E-state index is 12.2. The average Bonchev–Trinajstić information content (AvgIpc) is 2.50. The van der Waals surface area contributed by atoms with Gasteiger partial charge < -0.3 is 10.6 Å². The summed E-state index contributed by atoms with van der Waals surface area (Å²) in [5, 5.41) is 7.30. The van der Waals surface area contributed by atoms with Crippen LogP contribution in [0.15, 0.2) is 42.5 Å². The summed E-state index contributed by atoms with van der Waals surface area (Å²) in [6.07, 6.45) is 0.189. The fourth-order valence-corrected chi connectivity index (χ4v) is 2.48. The van der Waals surface area contributed by atoms with Crippen molar-refractivity contribution >= 4 is 47.2 Å². The van der Waals surface area contributed by atoms with Crippen molar-refractivity contribution in [1.29, 1.82) is 0 Å². The Morgan fingerprint density at radius 2 is 1.83 bits per heavy atom. The lowest BCUT2D eigenvalue weighted by molar-refractivity contribution is -0.115. The van der Waals surface area contributed by atoms with Gasteiger partial charge in [0.1, 0.15) is 0 Å². The molecule has 0 saturated carbocycles. The molecule has 23 heavy (non-hydrogen) atoms. The largest absolute Gasteiger partial charge is 0.325 e. The van der Waals surface area contributed by atoms with Crippen LogP contribution in [0.25, 0.3) is 0 Å². The van der Waals surface area contributed by atoms with Gasteiger partial charge in [0.15, 0.2) is 0 Å². The molecule has 0 saturated heterocycles. The molecule has 2 rings (SSSR count). The number of carbonyl (C=O) groups is 1. The molecular weight excluding hydrogens is 355 g/mol. The molecule has 0 bridgehead atoms. The summed E-state index contributed by atoms with van der Waals surface area (Å²) < 4.78 is 0. The zero-order chi connectivity index (χ0) is 15.9. The van der Waals surface area contributed by atoms with Gasteiger partial charge >= 0.3 is 0 Å². The van der Waals surface area contributed by atoms with E-state index in [0.717, 1.165) is 23.4 Å². The normalized spacial score (nSPS) is 10.0. The first-order valence-corrected chi connectivity index (χ1v) is 7.88. The van der Waals surface area contributed by atoms with Gasteiger partial charge in [0.25, 0.3) is 0 Å². The van der Waals surface area contributed by atoms with Crippen LogP contribution in [0.5, 0.6) is 0 Å². The lowest BCUT2D eigenvalue weighted by atomic mass is 10.1. The van der Waals surface area contributed by atoms with Crippen molar-refractivity contribution < 1.29 is 4.79 Å². The minimum atomic E-state index is -0.117. The van der Waals surface area contributed by atoms with Gasteiger partial charge in [-0.3, -0.25) is 4.79 Å². The van der Waals surface area contributed by atoms with E-state index in [-0.39, 0.29) is 24.7 Å². The lowest BCUT2D eigenvalue weighted by Gasteiger charge is -2.12. The van der Waals surface area contributed by atoms with Crippen molar-refractivity contribution in [2.24, 2.45) is 0 Å². The molecule has 0 aliphatic carbocycles. The van der Waals surface area contributed by atoms with Crippen molar-refractivity contribution in [1.82, 2.24) is 5.32 Å². The molecule has 1 amide bonds. The molecule has 0 unspecified atom stereocenters. The highest BCUT2D eigenvalue weighted by Gasteiger charge is 2.10. The fraction of sp³-hybridized carbons (Fsp3) is 0.235. The predicted molar refractivity (Wildman–Crippen MR) is 99.9 cm³/mol. The number of anilines is 1. The monoisotopic (exact) mass is 372 g/mol. The number of halogens is 3. The van der Waals surface area contributed by atoms with Crippen LogP contribution in [0, 0.1) is 0 Å². The minimum Gasteiger partial charge on any atom is -0.325 e. The Hall–Kier alpha value is -1.26. The summed E-state index contributed by atoms with van der Waals surface area (Å²) in [6, 6.07) is 12.9. The Morgan fingerprint density at radius 1 is 1.09 bits per heavy atom. The number of hydrogen-bond acceptors (Lipinski definition) is 2. The van der Waals surface area contributed by atoms with Gasteiger partial charge in [0.05, 0.1) is 6.42 Å². The minimum absolute atomic E-state index is 0. The van der Waals surface area contributed by atoms with Crippen molar-refractivity contribution in [2.45, 2.75) is 19.9 Å². The Kier molecular flexibility index (Phi) is 8.42. The van der Waals surface area contributed by atoms with E-state index in [0.29, 0.717) is 16.6 Å². The molecule has 0 atom stereocenters. The van der Waals surface area contributed by atoms with Crippen LogP contribution in [0.2, 0.25) is 10.0 Å². The summed E-state index contributed by atoms with van der Waals surface area (Å²) in [5.74, 6) is -0.117. The Morgan fingerprint density at radius 3 is 2.57 bits per heavy atom. The maximum absolute atomic E-state index is 12.2. The summed E-state index contributed by atoms with van der Waals surface area (Å²) in [7, 11) is 0. The number of hydrogen-bond donors (Lipinski definition) is 2. The summed E-state index contributed by atoms with van der Waals surface area (Å²) in [4.78, 5) is 12.2. The van der Waals surface area contributed by atoms with Crippen LogP contribution in [0.4, 0.5) is 5.69 Å². The molecule has 0 aliphatic rings. The van der Waals surface area contributed by atoms with Crippen molar-refractivity contribution in [3.8, 4) is 0 Å². The zero-order valence-corrected chi connectivity index (χ0v) is 15.1. The van der Waals surface area contributed by atoms with Gasteiger partial charge in [-0.2, -0.15) is 0 Å². The third-order valence-corrected chi connectivity index (χ3v) is 3.82. The number of para-hydroxylation sites is 1. The number of carbonyl (C=O) groups excluding carboxylic acids is 1. The predicted octanol–water partition coefficient (Wildman–Crippen LogP) is 4.71. The molecule has 124 valence electrons. The van der Waals surface area contributed by atoms with Gasteiger partial charge in [0.2, 0.25) is 5.91 Å². The summed E-state index contributed by atoms with van der Waals surface area (Å²) in [6.45, 7) is 3.63. The SMILES string of the molecule is CCNCc1ccccc1NC(=O)Cc1cc(Cl)ccc1Cl.Cl. The molecule has 0 radical (unpaired) electrons. The van der Waals surface area contributed by atoms with E-state index in [1.54, 1.807) is 18.2 Å². The van der Waals surface area contributed by atoms with Gasteiger partial charge in [-0.15, -0.1) is 12.4 Å². The summed E-state index contributed by atoms with van der Waals surface area (Å²) >= 11 is 12.0. The van der Waals surface area contributed by atoms with Gasteiger partial charge in [-0.1, -0.05) is 48.3 Å². The molecular formula is C17H19Cl3N2O. The van der Waals surface area contributed by atoms with E-state index in [1.165, 1.54) is 0 Å². The Balaban J connectivity index is 0.00000264. The van der Waals surface area contributed by atoms with E-state index in [9.17, 15) is 4.79 Å². The highest BCUT2D eigenvalue weighted by molar-refractivity contribution is 6.33. The van der Waals surface area contributed by atoms with Crippen LogP contribution in [-0.2, 0) is 17.8 Å². The second-order valence-corrected chi connectivity index (χ2v) is 5.74. The van der Waals surface area contributed by atoms with Gasteiger partial charge in [-0.25, -0.2) is 0 Å². The molecule has 0 heterocycles. The molecule has 2 aromatic rings. The Bertz CT molecular complexity index is 662. The highest BCUT2D eigenvalue weighted by Crippen LogP contribution is 2.22.